The van der Waals surface area contributed by atoms with Gasteiger partial charge >= 0.3 is 0 Å². The highest BCUT2D eigenvalue weighted by Gasteiger charge is 2.49. The first kappa shape index (κ1) is 31.1. The van der Waals surface area contributed by atoms with Crippen LogP contribution in [-0.2, 0) is 10.2 Å². The third-order valence-corrected chi connectivity index (χ3v) is 8.95. The van der Waals surface area contributed by atoms with E-state index in [1.54, 1.807) is 0 Å². The monoisotopic (exact) mass is 594 g/mol. The summed E-state index contributed by atoms with van der Waals surface area (Å²) in [5, 5.41) is 14.3. The fraction of sp³-hybridized carbons (Fsp3) is 0.545. The Bertz CT molecular complexity index is 1500. The lowest BCUT2D eigenvalue weighted by Crippen LogP contribution is -2.62. The number of halogens is 2. The number of carbonyl (C=O) groups is 2. The molecule has 0 unspecified atom stereocenters. The van der Waals surface area contributed by atoms with Crippen molar-refractivity contribution in [2.45, 2.75) is 96.6 Å². The highest BCUT2D eigenvalue weighted by atomic mass is 19.1. The third-order valence-electron chi connectivity index (χ3n) is 8.95. The third kappa shape index (κ3) is 7.07. The van der Waals surface area contributed by atoms with Gasteiger partial charge in [-0.3, -0.25) is 14.5 Å². The van der Waals surface area contributed by atoms with Crippen molar-refractivity contribution in [2.24, 2.45) is 5.41 Å². The molecule has 0 spiro atoms. The molecule has 3 heterocycles. The zero-order valence-corrected chi connectivity index (χ0v) is 25.5. The molecule has 0 bridgehead atoms. The summed E-state index contributed by atoms with van der Waals surface area (Å²) in [6.45, 7) is 10.8. The summed E-state index contributed by atoms with van der Waals surface area (Å²) in [6, 6.07) is 6.66. The molecule has 1 aliphatic heterocycles. The van der Waals surface area contributed by atoms with Crippen molar-refractivity contribution in [1.82, 2.24) is 20.0 Å². The topological polar surface area (TPSA) is 109 Å². The molecule has 2 aromatic heterocycles. The number of nitrogens with zero attached hydrogens (tertiary/aromatic N) is 4. The fourth-order valence-electron chi connectivity index (χ4n) is 6.68. The highest BCUT2D eigenvalue weighted by Crippen LogP contribution is 2.44. The highest BCUT2D eigenvalue weighted by molar-refractivity contribution is 5.96. The average molecular weight is 595 g/mol. The van der Waals surface area contributed by atoms with Gasteiger partial charge in [0, 0.05) is 72.7 Å². The minimum Gasteiger partial charge on any atom is -0.390 e. The van der Waals surface area contributed by atoms with Crippen molar-refractivity contribution < 1.29 is 28.0 Å². The molecule has 230 valence electrons. The van der Waals surface area contributed by atoms with Gasteiger partial charge in [0.2, 0.25) is 0 Å². The number of hydrogen-bond acceptors (Lipinski definition) is 8. The van der Waals surface area contributed by atoms with Crippen LogP contribution < -0.4 is 0 Å². The SMILES string of the molecule is Cc1cc(C)nc(C(C)(C)CC(=O)CC2(CC(=O)c3cc(-c4ccc(F)cc4F)on3)CN(C3CCC(C)(O)CC3)C2)n1. The molecule has 0 atom stereocenters. The van der Waals surface area contributed by atoms with Crippen LogP contribution in [0.25, 0.3) is 11.3 Å². The van der Waals surface area contributed by atoms with E-state index < -0.39 is 28.1 Å². The predicted octanol–water partition coefficient (Wildman–Crippen LogP) is 5.92. The van der Waals surface area contributed by atoms with Gasteiger partial charge in [-0.05, 0) is 64.7 Å². The number of benzene rings is 1. The molecule has 1 aromatic carbocycles. The first-order valence-electron chi connectivity index (χ1n) is 14.9. The molecule has 5 rings (SSSR count). The Hall–Kier alpha value is -3.37. The van der Waals surface area contributed by atoms with E-state index in [-0.39, 0.29) is 47.8 Å². The van der Waals surface area contributed by atoms with Crippen LogP contribution in [0.4, 0.5) is 8.78 Å². The maximum atomic E-state index is 14.3. The lowest BCUT2D eigenvalue weighted by Gasteiger charge is -2.54. The number of aromatic nitrogens is 3. The first-order valence-corrected chi connectivity index (χ1v) is 14.9. The van der Waals surface area contributed by atoms with Crippen LogP contribution in [0.2, 0.25) is 0 Å². The standard InChI is InChI=1S/C33H40F2N4O4/c1-20-12-21(2)37-30(36-20)31(3,4)15-24(40)16-33(18-39(19-33)23-8-10-32(5,42)11-9-23)17-28(41)27-14-29(43-38-27)25-7-6-22(34)13-26(25)35/h6-7,12-14,23,42H,8-11,15-19H2,1-5H3. The molecule has 3 aromatic rings. The lowest BCUT2D eigenvalue weighted by atomic mass is 9.68. The smallest absolute Gasteiger partial charge is 0.185 e. The van der Waals surface area contributed by atoms with Crippen LogP contribution in [-0.4, -0.2) is 61.4 Å². The van der Waals surface area contributed by atoms with Crippen molar-refractivity contribution >= 4 is 11.6 Å². The Kier molecular flexibility index (Phi) is 8.39. The molecule has 10 heteroatoms. The Balaban J connectivity index is 1.32. The molecular formula is C33H40F2N4O4. The zero-order valence-electron chi connectivity index (χ0n) is 25.5. The summed E-state index contributed by atoms with van der Waals surface area (Å²) < 4.78 is 33.0. The molecule has 1 aliphatic carbocycles. The summed E-state index contributed by atoms with van der Waals surface area (Å²) in [4.78, 5) is 38.6. The molecule has 0 radical (unpaired) electrons. The van der Waals surface area contributed by atoms with Gasteiger partial charge in [-0.2, -0.15) is 0 Å². The van der Waals surface area contributed by atoms with Crippen molar-refractivity contribution in [3.05, 3.63) is 64.9 Å². The summed E-state index contributed by atoms with van der Waals surface area (Å²) in [6.07, 6.45) is 3.67. The fourth-order valence-corrected chi connectivity index (χ4v) is 6.68. The van der Waals surface area contributed by atoms with Gasteiger partial charge in [0.15, 0.2) is 11.5 Å². The van der Waals surface area contributed by atoms with Gasteiger partial charge in [-0.1, -0.05) is 19.0 Å². The molecule has 1 saturated carbocycles. The molecule has 2 aliphatic rings. The van der Waals surface area contributed by atoms with Gasteiger partial charge in [0.05, 0.1) is 11.2 Å². The van der Waals surface area contributed by atoms with Gasteiger partial charge in [-0.25, -0.2) is 18.7 Å². The second kappa shape index (κ2) is 11.6. The number of ketones is 2. The van der Waals surface area contributed by atoms with E-state index in [1.165, 1.54) is 12.1 Å². The normalized spacial score (nSPS) is 22.3. The Morgan fingerprint density at radius 1 is 1.05 bits per heavy atom. The quantitative estimate of drug-likeness (QED) is 0.288. The van der Waals surface area contributed by atoms with E-state index in [4.69, 9.17) is 4.52 Å². The zero-order chi connectivity index (χ0) is 31.2. The summed E-state index contributed by atoms with van der Waals surface area (Å²) in [7, 11) is 0. The molecule has 2 fully saturated rings. The second-order valence-electron chi connectivity index (χ2n) is 13.7. The maximum Gasteiger partial charge on any atom is 0.185 e. The number of hydrogen-bond donors (Lipinski definition) is 1. The van der Waals surface area contributed by atoms with Crippen LogP contribution in [0.5, 0.6) is 0 Å². The van der Waals surface area contributed by atoms with Gasteiger partial charge in [0.1, 0.15) is 28.9 Å². The largest absolute Gasteiger partial charge is 0.390 e. The minimum absolute atomic E-state index is 0.0108. The Labute approximate surface area is 250 Å². The number of rotatable bonds is 10. The first-order chi connectivity index (χ1) is 20.1. The predicted molar refractivity (Wildman–Crippen MR) is 156 cm³/mol. The van der Waals surface area contributed by atoms with Crippen LogP contribution in [0.1, 0.15) is 93.4 Å². The van der Waals surface area contributed by atoms with E-state index in [1.807, 2.05) is 40.7 Å². The second-order valence-corrected chi connectivity index (χ2v) is 13.7. The minimum atomic E-state index is -0.811. The molecule has 1 N–H and O–H groups in total. The van der Waals surface area contributed by atoms with Crippen molar-refractivity contribution in [1.29, 1.82) is 0 Å². The van der Waals surface area contributed by atoms with Crippen molar-refractivity contribution in [3.8, 4) is 11.3 Å². The van der Waals surface area contributed by atoms with Crippen LogP contribution in [0.15, 0.2) is 34.9 Å². The van der Waals surface area contributed by atoms with Crippen molar-refractivity contribution in [3.63, 3.8) is 0 Å². The summed E-state index contributed by atoms with van der Waals surface area (Å²) in [5.74, 6) is -1.14. The Morgan fingerprint density at radius 3 is 2.33 bits per heavy atom. The van der Waals surface area contributed by atoms with Gasteiger partial charge < -0.3 is 9.63 Å². The molecular weight excluding hydrogens is 554 g/mol. The van der Waals surface area contributed by atoms with E-state index in [0.29, 0.717) is 37.8 Å². The summed E-state index contributed by atoms with van der Waals surface area (Å²) in [5.41, 5.74) is -0.0810. The number of Topliss-reactive ketones (excluding diaryl/α,β-unsaturated/α-hetero) is 2. The van der Waals surface area contributed by atoms with Crippen LogP contribution in [0.3, 0.4) is 0 Å². The van der Waals surface area contributed by atoms with E-state index in [2.05, 4.69) is 20.0 Å². The molecule has 1 saturated heterocycles. The summed E-state index contributed by atoms with van der Waals surface area (Å²) >= 11 is 0. The lowest BCUT2D eigenvalue weighted by molar-refractivity contribution is -0.128. The number of aryl methyl sites for hydroxylation is 2. The van der Waals surface area contributed by atoms with E-state index >= 15 is 0 Å². The maximum absolute atomic E-state index is 14.3. The van der Waals surface area contributed by atoms with Gasteiger partial charge in [0.25, 0.3) is 0 Å². The van der Waals surface area contributed by atoms with Crippen molar-refractivity contribution in [2.75, 3.05) is 13.1 Å². The van der Waals surface area contributed by atoms with Crippen LogP contribution >= 0.6 is 0 Å². The molecule has 43 heavy (non-hydrogen) atoms. The average Bonchev–Trinajstić information content (AvgIpc) is 3.36. The van der Waals surface area contributed by atoms with E-state index in [9.17, 15) is 23.5 Å². The Morgan fingerprint density at radius 2 is 1.70 bits per heavy atom. The molecule has 0 amide bonds. The van der Waals surface area contributed by atoms with Gasteiger partial charge in [-0.15, -0.1) is 0 Å². The van der Waals surface area contributed by atoms with E-state index in [0.717, 1.165) is 36.4 Å². The molecule has 8 nitrogen and oxygen atoms in total. The number of carbonyl (C=O) groups excluding carboxylic acids is 2. The number of aliphatic hydroxyl groups is 1. The van der Waals surface area contributed by atoms with Crippen LogP contribution in [0, 0.1) is 30.9 Å². The number of likely N-dealkylation sites (tertiary alicyclic amines) is 1.